The van der Waals surface area contributed by atoms with E-state index in [1.165, 1.54) is 43.4 Å². The Morgan fingerprint density at radius 2 is 2.11 bits per heavy atom. The summed E-state index contributed by atoms with van der Waals surface area (Å²) in [6.45, 7) is 1.21. The van der Waals surface area contributed by atoms with Gasteiger partial charge in [-0.15, -0.1) is 0 Å². The number of aromatic nitrogens is 1. The first-order chi connectivity index (χ1) is 8.88. The SMILES string of the molecule is OCCCN(c1ccc2c(n1)CCC2)C1CCC1. The molecule has 2 aliphatic carbocycles. The quantitative estimate of drug-likeness (QED) is 0.866. The van der Waals surface area contributed by atoms with Gasteiger partial charge in [0.05, 0.1) is 0 Å². The summed E-state index contributed by atoms with van der Waals surface area (Å²) in [7, 11) is 0. The van der Waals surface area contributed by atoms with Gasteiger partial charge in [-0.1, -0.05) is 6.07 Å². The summed E-state index contributed by atoms with van der Waals surface area (Å²) in [5, 5.41) is 9.04. The van der Waals surface area contributed by atoms with Crippen LogP contribution in [-0.2, 0) is 12.8 Å². The highest BCUT2D eigenvalue weighted by Crippen LogP contribution is 2.30. The number of hydrogen-bond acceptors (Lipinski definition) is 3. The standard InChI is InChI=1S/C15H22N2O/c18-11-3-10-17(13-5-2-6-13)15-9-8-12-4-1-7-14(12)16-15/h8-9,13,18H,1-7,10-11H2. The molecule has 18 heavy (non-hydrogen) atoms. The van der Waals surface area contributed by atoms with Gasteiger partial charge in [0.15, 0.2) is 0 Å². The Morgan fingerprint density at radius 1 is 1.22 bits per heavy atom. The maximum Gasteiger partial charge on any atom is 0.129 e. The first-order valence-corrected chi connectivity index (χ1v) is 7.25. The fourth-order valence-corrected chi connectivity index (χ4v) is 2.99. The third-order valence-electron chi connectivity index (χ3n) is 4.28. The van der Waals surface area contributed by atoms with Gasteiger partial charge in [0, 0.05) is 24.9 Å². The minimum atomic E-state index is 0.272. The minimum Gasteiger partial charge on any atom is -0.396 e. The molecule has 3 nitrogen and oxygen atoms in total. The molecule has 0 bridgehead atoms. The van der Waals surface area contributed by atoms with Crippen LogP contribution < -0.4 is 4.90 Å². The van der Waals surface area contributed by atoms with E-state index in [0.29, 0.717) is 6.04 Å². The maximum atomic E-state index is 9.04. The second kappa shape index (κ2) is 5.27. The average molecular weight is 246 g/mol. The fourth-order valence-electron chi connectivity index (χ4n) is 2.99. The highest BCUT2D eigenvalue weighted by Gasteiger charge is 2.26. The molecule has 0 atom stereocenters. The molecule has 0 spiro atoms. The number of hydrogen-bond donors (Lipinski definition) is 1. The van der Waals surface area contributed by atoms with Gasteiger partial charge in [0.25, 0.3) is 0 Å². The van der Waals surface area contributed by atoms with Gasteiger partial charge in [0.1, 0.15) is 5.82 Å². The van der Waals surface area contributed by atoms with Gasteiger partial charge in [-0.25, -0.2) is 4.98 Å². The smallest absolute Gasteiger partial charge is 0.129 e. The Labute approximate surface area is 109 Å². The van der Waals surface area contributed by atoms with E-state index in [1.807, 2.05) is 0 Å². The third kappa shape index (κ3) is 2.24. The lowest BCUT2D eigenvalue weighted by molar-refractivity contribution is 0.282. The van der Waals surface area contributed by atoms with Crippen molar-refractivity contribution < 1.29 is 5.11 Å². The fraction of sp³-hybridized carbons (Fsp3) is 0.667. The van der Waals surface area contributed by atoms with Crippen molar-refractivity contribution in [3.8, 4) is 0 Å². The summed E-state index contributed by atoms with van der Waals surface area (Å²) >= 11 is 0. The predicted molar refractivity (Wildman–Crippen MR) is 72.9 cm³/mol. The van der Waals surface area contributed by atoms with Crippen LogP contribution in [0.15, 0.2) is 12.1 Å². The van der Waals surface area contributed by atoms with Crippen LogP contribution in [0.1, 0.15) is 43.4 Å². The maximum absolute atomic E-state index is 9.04. The summed E-state index contributed by atoms with van der Waals surface area (Å²) < 4.78 is 0. The predicted octanol–water partition coefficient (Wildman–Crippen LogP) is 2.31. The average Bonchev–Trinajstić information content (AvgIpc) is 2.78. The third-order valence-corrected chi connectivity index (χ3v) is 4.28. The van der Waals surface area contributed by atoms with Crippen LogP contribution in [0.2, 0.25) is 0 Å². The number of anilines is 1. The summed E-state index contributed by atoms with van der Waals surface area (Å²) in [5.41, 5.74) is 2.75. The Hall–Kier alpha value is -1.09. The molecule has 1 aromatic heterocycles. The van der Waals surface area contributed by atoms with E-state index in [9.17, 15) is 0 Å². The molecule has 1 heterocycles. The van der Waals surface area contributed by atoms with E-state index in [0.717, 1.165) is 25.2 Å². The number of fused-ring (bicyclic) bond motifs is 1. The summed E-state index contributed by atoms with van der Waals surface area (Å²) in [6.07, 6.45) is 8.34. The van der Waals surface area contributed by atoms with Crippen molar-refractivity contribution in [2.24, 2.45) is 0 Å². The van der Waals surface area contributed by atoms with E-state index in [4.69, 9.17) is 10.1 Å². The number of nitrogens with zero attached hydrogens (tertiary/aromatic N) is 2. The largest absolute Gasteiger partial charge is 0.396 e. The zero-order valence-corrected chi connectivity index (χ0v) is 10.9. The normalized spacial score (nSPS) is 18.5. The van der Waals surface area contributed by atoms with Crippen LogP contribution >= 0.6 is 0 Å². The molecule has 0 aromatic carbocycles. The van der Waals surface area contributed by atoms with Crippen LogP contribution in [0.4, 0.5) is 5.82 Å². The number of pyridine rings is 1. The van der Waals surface area contributed by atoms with E-state index >= 15 is 0 Å². The number of rotatable bonds is 5. The molecule has 0 amide bonds. The van der Waals surface area contributed by atoms with Gasteiger partial charge < -0.3 is 10.0 Å². The number of aliphatic hydroxyl groups excluding tert-OH is 1. The molecule has 3 rings (SSSR count). The van der Waals surface area contributed by atoms with Crippen molar-refractivity contribution >= 4 is 5.82 Å². The zero-order chi connectivity index (χ0) is 12.4. The molecule has 1 saturated carbocycles. The second-order valence-electron chi connectivity index (χ2n) is 5.48. The topological polar surface area (TPSA) is 36.4 Å². The van der Waals surface area contributed by atoms with Crippen molar-refractivity contribution in [2.45, 2.75) is 51.0 Å². The minimum absolute atomic E-state index is 0.272. The van der Waals surface area contributed by atoms with Crippen LogP contribution in [0.3, 0.4) is 0 Å². The van der Waals surface area contributed by atoms with Crippen LogP contribution in [-0.4, -0.2) is 29.3 Å². The highest BCUT2D eigenvalue weighted by atomic mass is 16.3. The molecule has 1 N–H and O–H groups in total. The van der Waals surface area contributed by atoms with Crippen LogP contribution in [0.5, 0.6) is 0 Å². The first kappa shape index (κ1) is 12.0. The van der Waals surface area contributed by atoms with Gasteiger partial charge in [-0.3, -0.25) is 0 Å². The van der Waals surface area contributed by atoms with Gasteiger partial charge >= 0.3 is 0 Å². The Morgan fingerprint density at radius 3 is 2.83 bits per heavy atom. The van der Waals surface area contributed by atoms with Crippen LogP contribution in [0.25, 0.3) is 0 Å². The summed E-state index contributed by atoms with van der Waals surface area (Å²) in [5.74, 6) is 1.13. The van der Waals surface area contributed by atoms with Crippen molar-refractivity contribution in [2.75, 3.05) is 18.1 Å². The molecular formula is C15H22N2O. The molecular weight excluding hydrogens is 224 g/mol. The molecule has 2 aliphatic rings. The molecule has 0 aliphatic heterocycles. The lowest BCUT2D eigenvalue weighted by Crippen LogP contribution is -2.41. The molecule has 98 valence electrons. The molecule has 0 radical (unpaired) electrons. The van der Waals surface area contributed by atoms with Gasteiger partial charge in [-0.05, 0) is 56.6 Å². The summed E-state index contributed by atoms with van der Waals surface area (Å²) in [4.78, 5) is 7.27. The Bertz CT molecular complexity index is 415. The molecule has 1 fully saturated rings. The van der Waals surface area contributed by atoms with Gasteiger partial charge in [-0.2, -0.15) is 0 Å². The lowest BCUT2D eigenvalue weighted by atomic mass is 9.91. The number of aryl methyl sites for hydroxylation is 2. The van der Waals surface area contributed by atoms with Crippen molar-refractivity contribution in [1.29, 1.82) is 0 Å². The molecule has 0 saturated heterocycles. The number of aliphatic hydroxyl groups is 1. The van der Waals surface area contributed by atoms with Crippen molar-refractivity contribution in [3.63, 3.8) is 0 Å². The highest BCUT2D eigenvalue weighted by molar-refractivity contribution is 5.44. The summed E-state index contributed by atoms with van der Waals surface area (Å²) in [6, 6.07) is 5.10. The monoisotopic (exact) mass is 246 g/mol. The lowest BCUT2D eigenvalue weighted by Gasteiger charge is -2.38. The molecule has 1 aromatic rings. The Kier molecular flexibility index (Phi) is 3.50. The van der Waals surface area contributed by atoms with Gasteiger partial charge in [0.2, 0.25) is 0 Å². The van der Waals surface area contributed by atoms with E-state index in [2.05, 4.69) is 17.0 Å². The van der Waals surface area contributed by atoms with Crippen LogP contribution in [0, 0.1) is 0 Å². The Balaban J connectivity index is 1.80. The first-order valence-electron chi connectivity index (χ1n) is 7.25. The van der Waals surface area contributed by atoms with E-state index < -0.39 is 0 Å². The van der Waals surface area contributed by atoms with Crippen molar-refractivity contribution in [1.82, 2.24) is 4.98 Å². The molecule has 0 unspecified atom stereocenters. The molecule has 3 heteroatoms. The van der Waals surface area contributed by atoms with E-state index in [-0.39, 0.29) is 6.61 Å². The zero-order valence-electron chi connectivity index (χ0n) is 10.9. The second-order valence-corrected chi connectivity index (χ2v) is 5.48. The van der Waals surface area contributed by atoms with E-state index in [1.54, 1.807) is 0 Å². The van der Waals surface area contributed by atoms with Crippen molar-refractivity contribution in [3.05, 3.63) is 23.4 Å².